The Balaban J connectivity index is -0.000000269. The molecule has 0 aliphatic rings. The number of carboxylic acids is 2. The maximum atomic E-state index is 11.2. The van der Waals surface area contributed by atoms with E-state index in [1.165, 1.54) is 0 Å². The van der Waals surface area contributed by atoms with Gasteiger partial charge in [0, 0.05) is 24.8 Å². The van der Waals surface area contributed by atoms with Crippen LogP contribution < -0.4 is 124 Å². The molecule has 0 amide bonds. The fourth-order valence-electron chi connectivity index (χ4n) is 2.30. The van der Waals surface area contributed by atoms with Crippen LogP contribution >= 0.6 is 0 Å². The van der Waals surface area contributed by atoms with Gasteiger partial charge in [0.05, 0.1) is 0 Å². The molecule has 36 heavy (non-hydrogen) atoms. The van der Waals surface area contributed by atoms with E-state index in [1.807, 2.05) is 13.8 Å². The average Bonchev–Trinajstić information content (AvgIpc) is 2.76. The zero-order valence-electron chi connectivity index (χ0n) is 21.9. The van der Waals surface area contributed by atoms with E-state index >= 15 is 0 Å². The number of hydrogen-bond acceptors (Lipinski definition) is 12. The molecule has 0 saturated carbocycles. The van der Waals surface area contributed by atoms with Gasteiger partial charge in [0.15, 0.2) is 0 Å². The molecule has 4 N–H and O–H groups in total. The van der Waals surface area contributed by atoms with Crippen molar-refractivity contribution in [1.29, 1.82) is 0 Å². The summed E-state index contributed by atoms with van der Waals surface area (Å²) in [5.41, 5.74) is 10.7. The molecule has 0 aliphatic heterocycles. The Labute approximate surface area is 297 Å². The predicted octanol–water partition coefficient (Wildman–Crippen LogP) is -7.00. The van der Waals surface area contributed by atoms with Crippen LogP contribution in [0.4, 0.5) is 0 Å². The van der Waals surface area contributed by atoms with Gasteiger partial charge in [-0.3, -0.25) is 9.59 Å². The van der Waals surface area contributed by atoms with Crippen LogP contribution in [-0.4, -0.2) is 47.9 Å². The molecule has 0 heterocycles. The van der Waals surface area contributed by atoms with E-state index < -0.39 is 47.9 Å². The van der Waals surface area contributed by atoms with E-state index in [9.17, 15) is 39.0 Å². The Bertz CT molecular complexity index is 621. The third kappa shape index (κ3) is 29.0. The summed E-state index contributed by atoms with van der Waals surface area (Å²) in [6.45, 7) is 3.98. The molecule has 12 nitrogen and oxygen atoms in total. The molecule has 0 unspecified atom stereocenters. The number of carbonyl (C=O) groups excluding carboxylic acids is 6. The van der Waals surface area contributed by atoms with Crippen LogP contribution in [0.25, 0.3) is 0 Å². The second-order valence-corrected chi connectivity index (χ2v) is 7.53. The molecule has 14 heteroatoms. The van der Waals surface area contributed by atoms with Gasteiger partial charge in [0.25, 0.3) is 0 Å². The normalized spacial score (nSPS) is 11.2. The molecule has 196 valence electrons. The van der Waals surface area contributed by atoms with Gasteiger partial charge in [0.2, 0.25) is 0 Å². The van der Waals surface area contributed by atoms with Gasteiger partial charge in [-0.1, -0.05) is 39.5 Å². The van der Waals surface area contributed by atoms with E-state index in [-0.39, 0.29) is 141 Å². The monoisotopic (exact) mass is 566 g/mol. The number of carbonyl (C=O) groups is 6. The van der Waals surface area contributed by atoms with Gasteiger partial charge in [-0.25, -0.2) is 9.59 Å². The van der Waals surface area contributed by atoms with Crippen LogP contribution in [0.3, 0.4) is 0 Å². The Kier molecular flexibility index (Phi) is 34.3. The van der Waals surface area contributed by atoms with E-state index in [1.54, 1.807) is 0 Å². The number of unbranched alkanes of at least 4 members (excludes halogenated alkanes) is 4. The minimum atomic E-state index is -1.29. The van der Waals surface area contributed by atoms with Gasteiger partial charge in [0.1, 0.15) is 12.1 Å². The summed E-state index contributed by atoms with van der Waals surface area (Å²) in [6.07, 6.45) is 4.53. The first-order chi connectivity index (χ1) is 15.9. The first kappa shape index (κ1) is 43.5. The molecule has 2 atom stereocenters. The average molecular weight is 567 g/mol. The van der Waals surface area contributed by atoms with E-state index in [0.717, 1.165) is 25.7 Å². The molecule has 0 fully saturated rings. The van der Waals surface area contributed by atoms with Crippen LogP contribution in [-0.2, 0) is 38.2 Å². The van der Waals surface area contributed by atoms with Crippen molar-refractivity contribution in [3.05, 3.63) is 0 Å². The number of ether oxygens (including phenoxy) is 2. The minimum absolute atomic E-state index is 0. The van der Waals surface area contributed by atoms with Gasteiger partial charge in [-0.05, 0) is 38.5 Å². The number of aliphatic carboxylic acids is 2. The van der Waals surface area contributed by atoms with Crippen molar-refractivity contribution in [2.24, 2.45) is 11.5 Å². The quantitative estimate of drug-likeness (QED) is 0.0770. The number of carboxylic acid groups (broad SMARTS) is 2. The SMILES string of the molecule is CCCCCC(=O)OC(=O)[C@@H](N)CCC(=O)[O-].CCCCCC(=O)OC(=O)[C@@H](N)CCC(=O)[O-].[K+].[K+]. The van der Waals surface area contributed by atoms with Crippen LogP contribution in [0.5, 0.6) is 0 Å². The van der Waals surface area contributed by atoms with Gasteiger partial charge in [-0.15, -0.1) is 0 Å². The second-order valence-electron chi connectivity index (χ2n) is 7.53. The molecule has 0 saturated heterocycles. The van der Waals surface area contributed by atoms with E-state index in [0.29, 0.717) is 12.8 Å². The van der Waals surface area contributed by atoms with Crippen molar-refractivity contribution in [1.82, 2.24) is 0 Å². The van der Waals surface area contributed by atoms with Gasteiger partial charge < -0.3 is 40.7 Å². The number of nitrogens with two attached hydrogens (primary N) is 2. The van der Waals surface area contributed by atoms with Crippen molar-refractivity contribution >= 4 is 35.8 Å². The fraction of sp³-hybridized carbons (Fsp3) is 0.727. The summed E-state index contributed by atoms with van der Waals surface area (Å²) in [6, 6.07) is -2.19. The molecule has 0 spiro atoms. The third-order valence-corrected chi connectivity index (χ3v) is 4.32. The Hall–Kier alpha value is 0.413. The third-order valence-electron chi connectivity index (χ3n) is 4.32. The maximum absolute atomic E-state index is 11.2. The Morgan fingerprint density at radius 1 is 0.611 bits per heavy atom. The molecule has 0 aliphatic carbocycles. The van der Waals surface area contributed by atoms with Crippen molar-refractivity contribution < 1.29 is 151 Å². The van der Waals surface area contributed by atoms with Crippen molar-refractivity contribution in [3.8, 4) is 0 Å². The summed E-state index contributed by atoms with van der Waals surface area (Å²) in [4.78, 5) is 65.0. The van der Waals surface area contributed by atoms with E-state index in [2.05, 4.69) is 9.47 Å². The second kappa shape index (κ2) is 28.4. The summed E-state index contributed by atoms with van der Waals surface area (Å²) >= 11 is 0. The molecular weight excluding hydrogens is 530 g/mol. The number of rotatable bonds is 16. The van der Waals surface area contributed by atoms with Gasteiger partial charge in [-0.2, -0.15) is 0 Å². The van der Waals surface area contributed by atoms with E-state index in [4.69, 9.17) is 11.5 Å². The Morgan fingerprint density at radius 3 is 1.17 bits per heavy atom. The topological polar surface area (TPSA) is 219 Å². The van der Waals surface area contributed by atoms with Crippen molar-refractivity contribution in [3.63, 3.8) is 0 Å². The number of esters is 4. The zero-order valence-corrected chi connectivity index (χ0v) is 28.1. The standard InChI is InChI=1S/2C11H19NO5.2K/c2*1-2-3-4-5-10(15)17-11(16)8(12)6-7-9(13)14;;/h2*8H,2-7,12H2,1H3,(H,13,14);;/q;;2*+1/p-2/t2*8-;;/m00../s1. The van der Waals surface area contributed by atoms with Crippen molar-refractivity contribution in [2.45, 2.75) is 103 Å². The molecule has 0 aromatic heterocycles. The minimum Gasteiger partial charge on any atom is -0.550 e. The van der Waals surface area contributed by atoms with Crippen LogP contribution in [0.15, 0.2) is 0 Å². The molecule has 0 aromatic carbocycles. The Morgan fingerprint density at radius 2 is 0.917 bits per heavy atom. The summed E-state index contributed by atoms with van der Waals surface area (Å²) in [5.74, 6) is -5.58. The fourth-order valence-corrected chi connectivity index (χ4v) is 2.30. The largest absolute Gasteiger partial charge is 1.00 e. The summed E-state index contributed by atoms with van der Waals surface area (Å²) < 4.78 is 8.95. The summed E-state index contributed by atoms with van der Waals surface area (Å²) in [7, 11) is 0. The van der Waals surface area contributed by atoms with Crippen molar-refractivity contribution in [2.75, 3.05) is 0 Å². The van der Waals surface area contributed by atoms with Crippen LogP contribution in [0.1, 0.15) is 90.9 Å². The smallest absolute Gasteiger partial charge is 0.550 e. The predicted molar refractivity (Wildman–Crippen MR) is 115 cm³/mol. The van der Waals surface area contributed by atoms with Crippen LogP contribution in [0, 0.1) is 0 Å². The first-order valence-electron chi connectivity index (χ1n) is 11.3. The molecule has 0 rings (SSSR count). The van der Waals surface area contributed by atoms with Gasteiger partial charge >= 0.3 is 127 Å². The number of hydrogen-bond donors (Lipinski definition) is 2. The molecule has 0 bridgehead atoms. The molecular formula is C22H36K2N2O10. The molecule has 0 radical (unpaired) electrons. The van der Waals surface area contributed by atoms with Crippen LogP contribution in [0.2, 0.25) is 0 Å². The first-order valence-corrected chi connectivity index (χ1v) is 11.3. The molecule has 0 aromatic rings. The maximum Gasteiger partial charge on any atom is 1.00 e. The summed E-state index contributed by atoms with van der Waals surface area (Å²) in [5, 5.41) is 20.3. The zero-order chi connectivity index (χ0) is 26.5.